The molecule has 1 aliphatic heterocycles. The van der Waals surface area contributed by atoms with Gasteiger partial charge in [-0.2, -0.15) is 0 Å². The van der Waals surface area contributed by atoms with Crippen LogP contribution in [0, 0.1) is 0 Å². The molecule has 0 aromatic carbocycles. The molecule has 9 heavy (non-hydrogen) atoms. The molecule has 0 radical (unpaired) electrons. The first-order valence-corrected chi connectivity index (χ1v) is 4.08. The van der Waals surface area contributed by atoms with Gasteiger partial charge in [0, 0.05) is 6.04 Å². The van der Waals surface area contributed by atoms with Crippen LogP contribution in [-0.2, 0) is 0 Å². The third-order valence-corrected chi connectivity index (χ3v) is 2.35. The van der Waals surface area contributed by atoms with Crippen molar-refractivity contribution in [1.82, 2.24) is 4.90 Å². The maximum absolute atomic E-state index is 2.58. The van der Waals surface area contributed by atoms with Gasteiger partial charge in [0.15, 0.2) is 0 Å². The predicted molar refractivity (Wildman–Crippen MR) is 40.6 cm³/mol. The summed E-state index contributed by atoms with van der Waals surface area (Å²) in [7, 11) is 0. The highest BCUT2D eigenvalue weighted by molar-refractivity contribution is 4.71. The predicted octanol–water partition coefficient (Wildman–Crippen LogP) is 1.88. The topological polar surface area (TPSA) is 3.24 Å². The lowest BCUT2D eigenvalue weighted by atomic mass is 10.2. The van der Waals surface area contributed by atoms with Gasteiger partial charge in [-0.25, -0.2) is 0 Å². The summed E-state index contributed by atoms with van der Waals surface area (Å²) in [4.78, 5) is 2.58. The maximum Gasteiger partial charge on any atom is 0.00643 e. The van der Waals surface area contributed by atoms with Crippen molar-refractivity contribution >= 4 is 0 Å². The third kappa shape index (κ3) is 1.68. The molecule has 1 heteroatoms. The molecule has 1 fully saturated rings. The average Bonchev–Trinajstić information content (AvgIpc) is 2.37. The second-order valence-electron chi connectivity index (χ2n) is 3.00. The molecule has 1 unspecified atom stereocenters. The molecule has 0 aromatic rings. The summed E-state index contributed by atoms with van der Waals surface area (Å²) in [5.41, 5.74) is 0. The third-order valence-electron chi connectivity index (χ3n) is 2.35. The summed E-state index contributed by atoms with van der Waals surface area (Å²) in [5.74, 6) is 0. The van der Waals surface area contributed by atoms with Crippen LogP contribution in [0.5, 0.6) is 0 Å². The minimum Gasteiger partial charge on any atom is -0.301 e. The molecule has 1 saturated heterocycles. The highest BCUT2D eigenvalue weighted by Crippen LogP contribution is 2.12. The molecule has 1 rings (SSSR count). The molecule has 0 saturated carbocycles. The molecule has 0 aliphatic carbocycles. The van der Waals surface area contributed by atoms with Crippen molar-refractivity contribution in [2.24, 2.45) is 0 Å². The van der Waals surface area contributed by atoms with E-state index in [4.69, 9.17) is 0 Å². The lowest BCUT2D eigenvalue weighted by Gasteiger charge is -2.21. The Morgan fingerprint density at radius 2 is 1.89 bits per heavy atom. The van der Waals surface area contributed by atoms with Crippen LogP contribution in [0.3, 0.4) is 0 Å². The van der Waals surface area contributed by atoms with Crippen molar-refractivity contribution in [2.75, 3.05) is 13.1 Å². The number of nitrogens with zero attached hydrogens (tertiary/aromatic N) is 1. The minimum absolute atomic E-state index is 0.826. The Balaban J connectivity index is 2.24. The Kier molecular flexibility index (Phi) is 2.52. The monoisotopic (exact) mass is 127 g/mol. The lowest BCUT2D eigenvalue weighted by molar-refractivity contribution is 0.253. The Morgan fingerprint density at radius 3 is 2.33 bits per heavy atom. The summed E-state index contributed by atoms with van der Waals surface area (Å²) in [5, 5.41) is 0. The van der Waals surface area contributed by atoms with E-state index < -0.39 is 0 Å². The smallest absolute Gasteiger partial charge is 0.00643 e. The normalized spacial score (nSPS) is 24.7. The summed E-state index contributed by atoms with van der Waals surface area (Å²) >= 11 is 0. The van der Waals surface area contributed by atoms with Crippen LogP contribution >= 0.6 is 0 Å². The summed E-state index contributed by atoms with van der Waals surface area (Å²) < 4.78 is 0. The Hall–Kier alpha value is -0.0400. The number of likely N-dealkylation sites (tertiary alicyclic amines) is 1. The van der Waals surface area contributed by atoms with Crippen LogP contribution in [0.2, 0.25) is 0 Å². The summed E-state index contributed by atoms with van der Waals surface area (Å²) in [6, 6.07) is 0.826. The van der Waals surface area contributed by atoms with Gasteiger partial charge in [-0.3, -0.25) is 0 Å². The maximum atomic E-state index is 2.58. The van der Waals surface area contributed by atoms with E-state index in [1.807, 2.05) is 0 Å². The zero-order valence-corrected chi connectivity index (χ0v) is 6.56. The Bertz CT molecular complexity index is 74.6. The molecule has 0 N–H and O–H groups in total. The van der Waals surface area contributed by atoms with Crippen LogP contribution in [0.15, 0.2) is 0 Å². The SMILES string of the molecule is CCC(C)N1CCCC1. The quantitative estimate of drug-likeness (QED) is 0.547. The van der Waals surface area contributed by atoms with Gasteiger partial charge in [0.2, 0.25) is 0 Å². The van der Waals surface area contributed by atoms with Crippen LogP contribution < -0.4 is 0 Å². The fourth-order valence-corrected chi connectivity index (χ4v) is 1.44. The highest BCUT2D eigenvalue weighted by atomic mass is 15.2. The first kappa shape index (κ1) is 7.07. The van der Waals surface area contributed by atoms with Crippen LogP contribution in [-0.4, -0.2) is 24.0 Å². The molecule has 1 heterocycles. The average molecular weight is 127 g/mol. The van der Waals surface area contributed by atoms with Crippen LogP contribution in [0.4, 0.5) is 0 Å². The van der Waals surface area contributed by atoms with E-state index in [0.29, 0.717) is 0 Å². The van der Waals surface area contributed by atoms with E-state index in [0.717, 1.165) is 6.04 Å². The van der Waals surface area contributed by atoms with Gasteiger partial charge in [0.1, 0.15) is 0 Å². The fraction of sp³-hybridized carbons (Fsp3) is 1.00. The van der Waals surface area contributed by atoms with E-state index in [1.54, 1.807) is 0 Å². The molecule has 0 amide bonds. The van der Waals surface area contributed by atoms with Crippen molar-refractivity contribution in [3.63, 3.8) is 0 Å². The molecule has 0 spiro atoms. The van der Waals surface area contributed by atoms with E-state index in [-0.39, 0.29) is 0 Å². The van der Waals surface area contributed by atoms with Gasteiger partial charge in [-0.05, 0) is 39.3 Å². The second kappa shape index (κ2) is 3.21. The van der Waals surface area contributed by atoms with Crippen molar-refractivity contribution in [3.05, 3.63) is 0 Å². The molecule has 1 nitrogen and oxygen atoms in total. The molecule has 54 valence electrons. The van der Waals surface area contributed by atoms with Crippen LogP contribution in [0.25, 0.3) is 0 Å². The molecular weight excluding hydrogens is 110 g/mol. The first-order valence-electron chi connectivity index (χ1n) is 4.08. The second-order valence-corrected chi connectivity index (χ2v) is 3.00. The van der Waals surface area contributed by atoms with E-state index in [2.05, 4.69) is 18.7 Å². The van der Waals surface area contributed by atoms with Crippen molar-refractivity contribution in [2.45, 2.75) is 39.2 Å². The zero-order valence-electron chi connectivity index (χ0n) is 6.56. The lowest BCUT2D eigenvalue weighted by Crippen LogP contribution is -2.29. The van der Waals surface area contributed by atoms with Gasteiger partial charge in [0.25, 0.3) is 0 Å². The van der Waals surface area contributed by atoms with Gasteiger partial charge in [-0.1, -0.05) is 6.92 Å². The summed E-state index contributed by atoms with van der Waals surface area (Å²) in [6.07, 6.45) is 4.15. The highest BCUT2D eigenvalue weighted by Gasteiger charge is 2.15. The Morgan fingerprint density at radius 1 is 1.33 bits per heavy atom. The number of hydrogen-bond acceptors (Lipinski definition) is 1. The van der Waals surface area contributed by atoms with E-state index >= 15 is 0 Å². The van der Waals surface area contributed by atoms with Crippen molar-refractivity contribution in [1.29, 1.82) is 0 Å². The van der Waals surface area contributed by atoms with Gasteiger partial charge in [-0.15, -0.1) is 0 Å². The molecule has 1 atom stereocenters. The first-order chi connectivity index (χ1) is 4.34. The van der Waals surface area contributed by atoms with Gasteiger partial charge in [0.05, 0.1) is 0 Å². The zero-order chi connectivity index (χ0) is 6.69. The van der Waals surface area contributed by atoms with Crippen molar-refractivity contribution in [3.8, 4) is 0 Å². The Labute approximate surface area is 58.0 Å². The van der Waals surface area contributed by atoms with Gasteiger partial charge < -0.3 is 4.90 Å². The van der Waals surface area contributed by atoms with Crippen molar-refractivity contribution < 1.29 is 0 Å². The largest absolute Gasteiger partial charge is 0.301 e. The standard InChI is InChI=1S/C8H17N/c1-3-8(2)9-6-4-5-7-9/h8H,3-7H2,1-2H3. The fourth-order valence-electron chi connectivity index (χ4n) is 1.44. The van der Waals surface area contributed by atoms with E-state index in [1.165, 1.54) is 32.4 Å². The summed E-state index contributed by atoms with van der Waals surface area (Å²) in [6.45, 7) is 7.28. The molecule has 1 aliphatic rings. The molecular formula is C8H17N. The van der Waals surface area contributed by atoms with E-state index in [9.17, 15) is 0 Å². The number of rotatable bonds is 2. The molecule has 0 aromatic heterocycles. The number of hydrogen-bond donors (Lipinski definition) is 0. The molecule has 0 bridgehead atoms. The minimum atomic E-state index is 0.826. The van der Waals surface area contributed by atoms with Gasteiger partial charge >= 0.3 is 0 Å². The van der Waals surface area contributed by atoms with Crippen LogP contribution in [0.1, 0.15) is 33.1 Å².